The minimum Gasteiger partial charge on any atom is -0.493 e. The highest BCUT2D eigenvalue weighted by molar-refractivity contribution is 6.32. The van der Waals surface area contributed by atoms with Gasteiger partial charge in [-0.25, -0.2) is 4.98 Å². The molecule has 0 radical (unpaired) electrons. The lowest BCUT2D eigenvalue weighted by Gasteiger charge is -2.37. The zero-order valence-corrected chi connectivity index (χ0v) is 30.4. The third kappa shape index (κ3) is 9.91. The minimum absolute atomic E-state index is 0.333. The van der Waals surface area contributed by atoms with E-state index < -0.39 is 0 Å². The van der Waals surface area contributed by atoms with E-state index in [4.69, 9.17) is 37.4 Å². The molecule has 6 rings (SSSR count). The highest BCUT2D eigenvalue weighted by Crippen LogP contribution is 2.36. The first-order valence-corrected chi connectivity index (χ1v) is 17.8. The van der Waals surface area contributed by atoms with Gasteiger partial charge in [-0.2, -0.15) is 0 Å². The molecule has 0 bridgehead atoms. The van der Waals surface area contributed by atoms with Crippen molar-refractivity contribution in [3.63, 3.8) is 0 Å². The van der Waals surface area contributed by atoms with Gasteiger partial charge in [0.1, 0.15) is 24.4 Å². The lowest BCUT2D eigenvalue weighted by Crippen LogP contribution is -2.45. The number of rotatable bonds is 14. The summed E-state index contributed by atoms with van der Waals surface area (Å²) < 4.78 is 17.9. The van der Waals surface area contributed by atoms with E-state index in [0.29, 0.717) is 40.6 Å². The summed E-state index contributed by atoms with van der Waals surface area (Å²) in [5, 5.41) is 1.09. The highest BCUT2D eigenvalue weighted by atomic mass is 35.5. The molecule has 0 atom stereocenters. The summed E-state index contributed by atoms with van der Waals surface area (Å²) in [5.41, 5.74) is 7.17. The van der Waals surface area contributed by atoms with E-state index in [1.165, 1.54) is 16.7 Å². The average molecular weight is 723 g/mol. The third-order valence-corrected chi connectivity index (χ3v) is 9.46. The Labute approximate surface area is 310 Å². The molecule has 0 aliphatic carbocycles. The predicted molar refractivity (Wildman–Crippen MR) is 204 cm³/mol. The fraction of sp³-hybridized carbons (Fsp3) is 0.238. The lowest BCUT2D eigenvalue weighted by atomic mass is 10.1. The Morgan fingerprint density at radius 3 is 2.29 bits per heavy atom. The largest absolute Gasteiger partial charge is 0.493 e. The zero-order valence-electron chi connectivity index (χ0n) is 28.9. The molecule has 2 heterocycles. The maximum absolute atomic E-state index is 11.8. The standard InChI is InChI=1S/C42H41Cl2N3O4/c1-30-6-5-8-36(24-30)49-23-17-32-10-12-33(13-11-32)28-46-18-20-47(21-19-46)40(16-22-48)35-25-31(2)42(39(44)26-35)51-41-15-14-37(27-45-41)50-29-34-7-3-4-9-38(34)43/h3-16,22,24-27H,17-21,23,28-29H2,1-2H3/b40-16+. The van der Waals surface area contributed by atoms with Crippen molar-refractivity contribution in [2.45, 2.75) is 33.4 Å². The normalized spacial score (nSPS) is 13.6. The molecule has 1 aliphatic heterocycles. The van der Waals surface area contributed by atoms with E-state index in [1.54, 1.807) is 24.4 Å². The number of nitrogens with zero attached hydrogens (tertiary/aromatic N) is 3. The number of aryl methyl sites for hydroxylation is 2. The second kappa shape index (κ2) is 17.4. The van der Waals surface area contributed by atoms with Crippen LogP contribution in [-0.4, -0.2) is 53.9 Å². The van der Waals surface area contributed by atoms with Gasteiger partial charge in [-0.15, -0.1) is 0 Å². The Morgan fingerprint density at radius 1 is 0.804 bits per heavy atom. The van der Waals surface area contributed by atoms with E-state index in [9.17, 15) is 4.79 Å². The third-order valence-electron chi connectivity index (χ3n) is 8.81. The van der Waals surface area contributed by atoms with Crippen LogP contribution in [0.3, 0.4) is 0 Å². The van der Waals surface area contributed by atoms with Crippen molar-refractivity contribution in [2.75, 3.05) is 32.8 Å². The molecule has 1 fully saturated rings. The van der Waals surface area contributed by atoms with Crippen LogP contribution < -0.4 is 14.2 Å². The summed E-state index contributed by atoms with van der Waals surface area (Å²) in [6.45, 7) is 9.19. The van der Waals surface area contributed by atoms with Crippen molar-refractivity contribution in [3.8, 4) is 23.1 Å². The van der Waals surface area contributed by atoms with E-state index in [-0.39, 0.29) is 0 Å². The second-order valence-corrected chi connectivity index (χ2v) is 13.4. The number of hydrogen-bond acceptors (Lipinski definition) is 7. The molecule has 1 aromatic heterocycles. The summed E-state index contributed by atoms with van der Waals surface area (Å²) in [7, 11) is 0. The van der Waals surface area contributed by atoms with Gasteiger partial charge >= 0.3 is 0 Å². The summed E-state index contributed by atoms with van der Waals surface area (Å²) in [6.07, 6.45) is 4.92. The van der Waals surface area contributed by atoms with Crippen LogP contribution in [0.1, 0.15) is 33.4 Å². The van der Waals surface area contributed by atoms with Gasteiger partial charge in [-0.3, -0.25) is 9.69 Å². The SMILES string of the molecule is Cc1cccc(OCCc2ccc(CN3CCN(/C(=C/C=O)c4cc(C)c(Oc5ccc(OCc6ccccc6Cl)cn5)c(Cl)c4)CC3)cc2)c1. The Bertz CT molecular complexity index is 1930. The smallest absolute Gasteiger partial charge is 0.219 e. The van der Waals surface area contributed by atoms with Crippen LogP contribution in [0, 0.1) is 13.8 Å². The molecule has 0 spiro atoms. The maximum atomic E-state index is 11.8. The van der Waals surface area contributed by atoms with Crippen LogP contribution in [0.4, 0.5) is 0 Å². The predicted octanol–water partition coefficient (Wildman–Crippen LogP) is 9.36. The van der Waals surface area contributed by atoms with Gasteiger partial charge in [0.25, 0.3) is 0 Å². The van der Waals surface area contributed by atoms with E-state index in [2.05, 4.69) is 58.1 Å². The van der Waals surface area contributed by atoms with Crippen molar-refractivity contribution in [1.82, 2.24) is 14.8 Å². The Kier molecular flexibility index (Phi) is 12.3. The molecule has 0 unspecified atom stereocenters. The number of halogens is 2. The first kappa shape index (κ1) is 36.0. The van der Waals surface area contributed by atoms with E-state index >= 15 is 0 Å². The van der Waals surface area contributed by atoms with Crippen LogP contribution in [0.2, 0.25) is 10.0 Å². The molecule has 51 heavy (non-hydrogen) atoms. The summed E-state index contributed by atoms with van der Waals surface area (Å²) >= 11 is 13.0. The molecule has 1 aliphatic rings. The molecule has 0 amide bonds. The molecule has 0 saturated carbocycles. The Hall–Kier alpha value is -4.82. The average Bonchev–Trinajstić information content (AvgIpc) is 3.13. The van der Waals surface area contributed by atoms with Crippen LogP contribution >= 0.6 is 23.2 Å². The minimum atomic E-state index is 0.333. The lowest BCUT2D eigenvalue weighted by molar-refractivity contribution is -0.104. The fourth-order valence-corrected chi connectivity index (χ4v) is 6.55. The fourth-order valence-electron chi connectivity index (χ4n) is 6.06. The number of aromatic nitrogens is 1. The topological polar surface area (TPSA) is 64.1 Å². The van der Waals surface area contributed by atoms with E-state index in [0.717, 1.165) is 73.6 Å². The molecule has 0 N–H and O–H groups in total. The van der Waals surface area contributed by atoms with Gasteiger partial charge < -0.3 is 19.1 Å². The molecular weight excluding hydrogens is 681 g/mol. The van der Waals surface area contributed by atoms with Gasteiger partial charge in [-0.1, -0.05) is 77.8 Å². The summed E-state index contributed by atoms with van der Waals surface area (Å²) in [4.78, 5) is 20.9. The summed E-state index contributed by atoms with van der Waals surface area (Å²) in [6, 6.07) is 31.9. The van der Waals surface area contributed by atoms with Crippen LogP contribution in [0.5, 0.6) is 23.1 Å². The number of ether oxygens (including phenoxy) is 3. The first-order valence-electron chi connectivity index (χ1n) is 17.1. The molecule has 4 aromatic carbocycles. The number of benzene rings is 4. The van der Waals surface area contributed by atoms with Gasteiger partial charge in [0, 0.05) is 67.6 Å². The van der Waals surface area contributed by atoms with Crippen molar-refractivity contribution in [3.05, 3.63) is 153 Å². The van der Waals surface area contributed by atoms with E-state index in [1.807, 2.05) is 55.5 Å². The first-order chi connectivity index (χ1) is 24.8. The molecule has 7 nitrogen and oxygen atoms in total. The van der Waals surface area contributed by atoms with Crippen molar-refractivity contribution in [1.29, 1.82) is 0 Å². The molecule has 9 heteroatoms. The number of hydrogen-bond donors (Lipinski definition) is 0. The monoisotopic (exact) mass is 721 g/mol. The second-order valence-electron chi connectivity index (χ2n) is 12.6. The van der Waals surface area contributed by atoms with Gasteiger partial charge in [0.2, 0.25) is 5.88 Å². The maximum Gasteiger partial charge on any atom is 0.219 e. The van der Waals surface area contributed by atoms with Gasteiger partial charge in [0.15, 0.2) is 5.75 Å². The number of carbonyl (C=O) groups excluding carboxylic acids is 1. The molecule has 262 valence electrons. The molecule has 1 saturated heterocycles. The van der Waals surface area contributed by atoms with Crippen molar-refractivity contribution in [2.24, 2.45) is 0 Å². The Balaban J connectivity index is 1.01. The number of carbonyl (C=O) groups is 1. The van der Waals surface area contributed by atoms with Gasteiger partial charge in [-0.05, 0) is 78.1 Å². The molecule has 5 aromatic rings. The van der Waals surface area contributed by atoms with Crippen LogP contribution in [-0.2, 0) is 24.4 Å². The quantitative estimate of drug-likeness (QED) is 0.0837. The number of allylic oxidation sites excluding steroid dienone is 1. The molecular formula is C42H41Cl2N3O4. The number of pyridine rings is 1. The van der Waals surface area contributed by atoms with Crippen LogP contribution in [0.25, 0.3) is 5.70 Å². The zero-order chi connectivity index (χ0) is 35.6. The number of piperazine rings is 1. The van der Waals surface area contributed by atoms with Crippen LogP contribution in [0.15, 0.2) is 109 Å². The number of aldehydes is 1. The summed E-state index contributed by atoms with van der Waals surface area (Å²) in [5.74, 6) is 2.41. The van der Waals surface area contributed by atoms with Crippen molar-refractivity contribution < 1.29 is 19.0 Å². The highest BCUT2D eigenvalue weighted by Gasteiger charge is 2.22. The van der Waals surface area contributed by atoms with Crippen molar-refractivity contribution >= 4 is 35.2 Å². The van der Waals surface area contributed by atoms with Gasteiger partial charge in [0.05, 0.1) is 17.8 Å². The Morgan fingerprint density at radius 2 is 1.59 bits per heavy atom.